The number of nitrogens with zero attached hydrogens (tertiary/aromatic N) is 1. The van der Waals surface area contributed by atoms with Gasteiger partial charge in [0.05, 0.1) is 11.8 Å². The first-order valence-corrected chi connectivity index (χ1v) is 6.62. The molecule has 1 amide bonds. The maximum atomic E-state index is 11.9. The van der Waals surface area contributed by atoms with Crippen molar-refractivity contribution in [1.29, 1.82) is 0 Å². The van der Waals surface area contributed by atoms with Crippen LogP contribution in [-0.2, 0) is 0 Å². The van der Waals surface area contributed by atoms with Crippen molar-refractivity contribution in [2.24, 2.45) is 17.0 Å². The van der Waals surface area contributed by atoms with Gasteiger partial charge in [-0.05, 0) is 37.3 Å². The maximum Gasteiger partial charge on any atom is 0.265 e. The highest BCUT2D eigenvalue weighted by atomic mass is 16.4. The molecule has 2 saturated carbocycles. The van der Waals surface area contributed by atoms with Crippen LogP contribution in [0.3, 0.4) is 0 Å². The zero-order chi connectivity index (χ0) is 13.2. The molecule has 0 spiro atoms. The minimum atomic E-state index is -0.166. The van der Waals surface area contributed by atoms with Gasteiger partial charge in [0.15, 0.2) is 0 Å². The van der Waals surface area contributed by atoms with E-state index in [1.807, 2.05) is 18.2 Å². The van der Waals surface area contributed by atoms with Crippen molar-refractivity contribution in [2.45, 2.75) is 25.3 Å². The Balaban J connectivity index is 1.62. The Morgan fingerprint density at radius 3 is 2.79 bits per heavy atom. The molecular weight excluding hydrogens is 242 g/mol. The first-order chi connectivity index (χ1) is 9.29. The van der Waals surface area contributed by atoms with Gasteiger partial charge in [-0.3, -0.25) is 10.2 Å². The number of amides is 1. The highest BCUT2D eigenvalue weighted by molar-refractivity contribution is 5.96. The fraction of sp³-hybridized carbons (Fsp3) is 0.429. The number of hydrogen-bond donors (Lipinski definition) is 3. The topological polar surface area (TPSA) is 73.7 Å². The number of nitrogens with one attached hydrogen (secondary N) is 2. The number of oxime groups is 1. The van der Waals surface area contributed by atoms with Gasteiger partial charge in [0.1, 0.15) is 0 Å². The van der Waals surface area contributed by atoms with Gasteiger partial charge in [-0.2, -0.15) is 0 Å². The third-order valence-electron chi connectivity index (χ3n) is 4.17. The summed E-state index contributed by atoms with van der Waals surface area (Å²) in [5.41, 5.74) is 7.12. The average Bonchev–Trinajstić information content (AvgIpc) is 3.06. The quantitative estimate of drug-likeness (QED) is 0.569. The summed E-state index contributed by atoms with van der Waals surface area (Å²) in [5, 5.41) is 12.5. The lowest BCUT2D eigenvalue weighted by Crippen LogP contribution is -2.50. The van der Waals surface area contributed by atoms with Crippen molar-refractivity contribution >= 4 is 11.6 Å². The summed E-state index contributed by atoms with van der Waals surface area (Å²) in [6.07, 6.45) is 3.27. The van der Waals surface area contributed by atoms with Gasteiger partial charge >= 0.3 is 0 Å². The second kappa shape index (κ2) is 5.01. The Hall–Kier alpha value is -1.88. The van der Waals surface area contributed by atoms with Gasteiger partial charge in [0, 0.05) is 11.5 Å². The van der Waals surface area contributed by atoms with Crippen LogP contribution in [0.1, 0.15) is 29.6 Å². The lowest BCUT2D eigenvalue weighted by atomic mass is 9.94. The third-order valence-corrected chi connectivity index (χ3v) is 4.17. The Bertz CT molecular complexity index is 501. The largest absolute Gasteiger partial charge is 0.411 e. The Morgan fingerprint density at radius 2 is 2.05 bits per heavy atom. The molecular formula is C14H17N3O2. The van der Waals surface area contributed by atoms with Gasteiger partial charge in [0.25, 0.3) is 5.91 Å². The number of fused-ring (bicyclic) bond motifs is 2. The molecule has 0 radical (unpaired) electrons. The molecule has 1 aromatic carbocycles. The van der Waals surface area contributed by atoms with Crippen LogP contribution in [0, 0.1) is 11.8 Å². The van der Waals surface area contributed by atoms with Crippen LogP contribution < -0.4 is 10.9 Å². The zero-order valence-corrected chi connectivity index (χ0v) is 10.5. The van der Waals surface area contributed by atoms with Crippen LogP contribution in [0.4, 0.5) is 0 Å². The number of benzene rings is 1. The summed E-state index contributed by atoms with van der Waals surface area (Å²) in [4.78, 5) is 11.9. The van der Waals surface area contributed by atoms with Crippen LogP contribution in [-0.4, -0.2) is 22.9 Å². The van der Waals surface area contributed by atoms with E-state index < -0.39 is 0 Å². The number of hydrazine groups is 1. The Kier molecular flexibility index (Phi) is 3.21. The summed E-state index contributed by atoms with van der Waals surface area (Å²) in [5.74, 6) is 0.675. The third kappa shape index (κ3) is 2.21. The van der Waals surface area contributed by atoms with Gasteiger partial charge in [0.2, 0.25) is 0 Å². The number of rotatable bonds is 3. The molecule has 0 aliphatic heterocycles. The van der Waals surface area contributed by atoms with Crippen LogP contribution in [0.2, 0.25) is 0 Å². The number of hydrogen-bond acceptors (Lipinski definition) is 4. The van der Waals surface area contributed by atoms with Crippen molar-refractivity contribution in [2.75, 3.05) is 0 Å². The predicted octanol–water partition coefficient (Wildman–Crippen LogP) is 1.55. The van der Waals surface area contributed by atoms with Crippen LogP contribution in [0.25, 0.3) is 0 Å². The molecule has 0 aromatic heterocycles. The molecule has 1 aromatic rings. The van der Waals surface area contributed by atoms with E-state index in [0.717, 1.165) is 25.0 Å². The van der Waals surface area contributed by atoms with Crippen molar-refractivity contribution in [3.8, 4) is 0 Å². The monoisotopic (exact) mass is 259 g/mol. The minimum Gasteiger partial charge on any atom is -0.411 e. The summed E-state index contributed by atoms with van der Waals surface area (Å²) in [6.45, 7) is 0. The van der Waals surface area contributed by atoms with E-state index >= 15 is 0 Å². The van der Waals surface area contributed by atoms with E-state index in [0.29, 0.717) is 17.4 Å². The predicted molar refractivity (Wildman–Crippen MR) is 70.9 cm³/mol. The van der Waals surface area contributed by atoms with Crippen molar-refractivity contribution < 1.29 is 10.0 Å². The summed E-state index contributed by atoms with van der Waals surface area (Å²) in [6, 6.07) is 9.02. The summed E-state index contributed by atoms with van der Waals surface area (Å²) in [7, 11) is 0. The molecule has 3 rings (SSSR count). The lowest BCUT2D eigenvalue weighted by Gasteiger charge is -2.24. The fourth-order valence-electron chi connectivity index (χ4n) is 3.22. The SMILES string of the molecule is O=C(NN[C@@H]1/C(=N/O)[C@H]2CC[C@@H]1C2)c1ccccc1. The van der Waals surface area contributed by atoms with E-state index in [9.17, 15) is 4.79 Å². The van der Waals surface area contributed by atoms with E-state index in [4.69, 9.17) is 5.21 Å². The molecule has 0 heterocycles. The molecule has 19 heavy (non-hydrogen) atoms. The Labute approximate surface area is 111 Å². The Morgan fingerprint density at radius 1 is 1.26 bits per heavy atom. The molecule has 3 atom stereocenters. The molecule has 5 heteroatoms. The fourth-order valence-corrected chi connectivity index (χ4v) is 3.22. The van der Waals surface area contributed by atoms with E-state index in [-0.39, 0.29) is 11.9 Å². The first kappa shape index (κ1) is 12.2. The molecule has 0 unspecified atom stereocenters. The van der Waals surface area contributed by atoms with E-state index in [1.54, 1.807) is 12.1 Å². The molecule has 100 valence electrons. The van der Waals surface area contributed by atoms with E-state index in [1.165, 1.54) is 0 Å². The highest BCUT2D eigenvalue weighted by Crippen LogP contribution is 2.42. The lowest BCUT2D eigenvalue weighted by molar-refractivity contribution is 0.0925. The second-order valence-corrected chi connectivity index (χ2v) is 5.24. The van der Waals surface area contributed by atoms with Gasteiger partial charge < -0.3 is 5.21 Å². The first-order valence-electron chi connectivity index (χ1n) is 6.62. The van der Waals surface area contributed by atoms with Crippen molar-refractivity contribution in [3.63, 3.8) is 0 Å². The molecule has 2 aliphatic carbocycles. The van der Waals surface area contributed by atoms with E-state index in [2.05, 4.69) is 16.0 Å². The molecule has 2 fully saturated rings. The van der Waals surface area contributed by atoms with Crippen molar-refractivity contribution in [1.82, 2.24) is 10.9 Å². The van der Waals surface area contributed by atoms with Gasteiger partial charge in [-0.15, -0.1) is 0 Å². The molecule has 3 N–H and O–H groups in total. The maximum absolute atomic E-state index is 11.9. The highest BCUT2D eigenvalue weighted by Gasteiger charge is 2.45. The second-order valence-electron chi connectivity index (χ2n) is 5.24. The number of carbonyl (C=O) groups is 1. The zero-order valence-electron chi connectivity index (χ0n) is 10.5. The normalized spacial score (nSPS) is 30.7. The standard InChI is InChI=1S/C14H17N3O2/c18-14(9-4-2-1-3-5-9)16-15-12-10-6-7-11(8-10)13(12)17-19/h1-5,10-12,15,19H,6-8H2,(H,16,18)/b17-13+/t10-,11+,12+/m1/s1. The summed E-state index contributed by atoms with van der Waals surface area (Å²) < 4.78 is 0. The molecule has 5 nitrogen and oxygen atoms in total. The van der Waals surface area contributed by atoms with Gasteiger partial charge in [-0.1, -0.05) is 23.4 Å². The van der Waals surface area contributed by atoms with Gasteiger partial charge in [-0.25, -0.2) is 5.43 Å². The molecule has 0 saturated heterocycles. The minimum absolute atomic E-state index is 0.0311. The number of carbonyl (C=O) groups excluding carboxylic acids is 1. The molecule has 2 aliphatic rings. The van der Waals surface area contributed by atoms with Crippen LogP contribution in [0.15, 0.2) is 35.5 Å². The average molecular weight is 259 g/mol. The smallest absolute Gasteiger partial charge is 0.265 e. The van der Waals surface area contributed by atoms with Crippen molar-refractivity contribution in [3.05, 3.63) is 35.9 Å². The van der Waals surface area contributed by atoms with Crippen LogP contribution >= 0.6 is 0 Å². The molecule has 2 bridgehead atoms. The van der Waals surface area contributed by atoms with Crippen LogP contribution in [0.5, 0.6) is 0 Å². The summed E-state index contributed by atoms with van der Waals surface area (Å²) >= 11 is 0.